The van der Waals surface area contributed by atoms with Gasteiger partial charge in [0.2, 0.25) is 0 Å². The van der Waals surface area contributed by atoms with Crippen LogP contribution in [0.4, 0.5) is 13.2 Å². The molecule has 1 unspecified atom stereocenters. The van der Waals surface area contributed by atoms with Crippen LogP contribution in [0.5, 0.6) is 0 Å². The van der Waals surface area contributed by atoms with Crippen molar-refractivity contribution < 1.29 is 13.2 Å². The van der Waals surface area contributed by atoms with E-state index < -0.39 is 11.9 Å². The third-order valence-electron chi connectivity index (χ3n) is 3.08. The van der Waals surface area contributed by atoms with Gasteiger partial charge < -0.3 is 9.88 Å². The highest BCUT2D eigenvalue weighted by Gasteiger charge is 2.33. The molecular weight excluding hydrogens is 295 g/mol. The molecule has 0 fully saturated rings. The second kappa shape index (κ2) is 6.87. The minimum Gasteiger partial charge on any atom is -0.336 e. The Morgan fingerprint density at radius 3 is 2.73 bits per heavy atom. The number of nitrogens with one attached hydrogen (secondary N) is 1. The number of hydrogen-bond donors (Lipinski definition) is 1. The smallest absolute Gasteiger partial charge is 0.336 e. The van der Waals surface area contributed by atoms with E-state index in [0.29, 0.717) is 18.7 Å². The van der Waals surface area contributed by atoms with Crippen LogP contribution in [0, 0.1) is 6.92 Å². The zero-order chi connectivity index (χ0) is 16.2. The van der Waals surface area contributed by atoms with Gasteiger partial charge in [0.1, 0.15) is 11.5 Å². The van der Waals surface area contributed by atoms with E-state index in [4.69, 9.17) is 0 Å². The summed E-state index contributed by atoms with van der Waals surface area (Å²) in [6, 6.07) is 1.12. The van der Waals surface area contributed by atoms with Crippen molar-refractivity contribution in [2.75, 3.05) is 6.54 Å². The topological polar surface area (TPSA) is 55.6 Å². The molecule has 0 saturated heterocycles. The highest BCUT2D eigenvalue weighted by atomic mass is 19.4. The van der Waals surface area contributed by atoms with Gasteiger partial charge in [0.25, 0.3) is 0 Å². The van der Waals surface area contributed by atoms with Gasteiger partial charge in [-0.3, -0.25) is 0 Å². The molecule has 0 aromatic carbocycles. The Bertz CT molecular complexity index is 595. The maximum Gasteiger partial charge on any atom is 0.433 e. The molecule has 2 aromatic rings. The van der Waals surface area contributed by atoms with Crippen molar-refractivity contribution in [1.29, 1.82) is 0 Å². The first-order valence-corrected chi connectivity index (χ1v) is 6.95. The van der Waals surface area contributed by atoms with Crippen LogP contribution < -0.4 is 5.32 Å². The molecule has 1 atom stereocenters. The molecule has 8 heteroatoms. The van der Waals surface area contributed by atoms with Crippen molar-refractivity contribution >= 4 is 0 Å². The molecular formula is C14H18F3N5. The average Bonchev–Trinajstić information content (AvgIpc) is 2.90. The SMILES string of the molecule is Cc1cc(C(F)(F)F)nc(CCNC(C)Cn2ccnc2)n1. The normalized spacial score (nSPS) is 13.3. The van der Waals surface area contributed by atoms with Gasteiger partial charge in [-0.15, -0.1) is 0 Å². The molecule has 0 amide bonds. The van der Waals surface area contributed by atoms with Crippen LogP contribution in [0.25, 0.3) is 0 Å². The average molecular weight is 313 g/mol. The monoisotopic (exact) mass is 313 g/mol. The molecule has 0 bridgehead atoms. The second-order valence-corrected chi connectivity index (χ2v) is 5.17. The van der Waals surface area contributed by atoms with E-state index >= 15 is 0 Å². The Balaban J connectivity index is 1.87. The number of nitrogens with zero attached hydrogens (tertiary/aromatic N) is 4. The summed E-state index contributed by atoms with van der Waals surface area (Å²) in [6.45, 7) is 4.78. The van der Waals surface area contributed by atoms with Crippen LogP contribution in [0.2, 0.25) is 0 Å². The predicted molar refractivity (Wildman–Crippen MR) is 75.2 cm³/mol. The van der Waals surface area contributed by atoms with Crippen molar-refractivity contribution in [2.24, 2.45) is 0 Å². The maximum absolute atomic E-state index is 12.7. The first-order valence-electron chi connectivity index (χ1n) is 6.95. The van der Waals surface area contributed by atoms with Crippen LogP contribution in [0.1, 0.15) is 24.1 Å². The van der Waals surface area contributed by atoms with E-state index in [9.17, 15) is 13.2 Å². The summed E-state index contributed by atoms with van der Waals surface area (Å²) in [5.41, 5.74) is -0.565. The lowest BCUT2D eigenvalue weighted by molar-refractivity contribution is -0.141. The van der Waals surface area contributed by atoms with Gasteiger partial charge in [0.15, 0.2) is 0 Å². The number of imidazole rings is 1. The van der Waals surface area contributed by atoms with Crippen LogP contribution in [0.3, 0.4) is 0 Å². The number of aryl methyl sites for hydroxylation is 1. The summed E-state index contributed by atoms with van der Waals surface area (Å²) < 4.78 is 40.0. The van der Waals surface area contributed by atoms with Gasteiger partial charge in [-0.25, -0.2) is 15.0 Å². The minimum atomic E-state index is -4.44. The molecule has 5 nitrogen and oxygen atoms in total. The van der Waals surface area contributed by atoms with Crippen LogP contribution in [0.15, 0.2) is 24.8 Å². The molecule has 1 N–H and O–H groups in total. The lowest BCUT2D eigenvalue weighted by Gasteiger charge is -2.14. The van der Waals surface area contributed by atoms with E-state index in [-0.39, 0.29) is 11.9 Å². The predicted octanol–water partition coefficient (Wildman–Crippen LogP) is 2.22. The van der Waals surface area contributed by atoms with E-state index in [1.807, 2.05) is 17.7 Å². The Labute approximate surface area is 126 Å². The van der Waals surface area contributed by atoms with Gasteiger partial charge in [-0.05, 0) is 19.9 Å². The highest BCUT2D eigenvalue weighted by Crippen LogP contribution is 2.27. The van der Waals surface area contributed by atoms with Crippen molar-refractivity contribution in [3.63, 3.8) is 0 Å². The third kappa shape index (κ3) is 4.80. The summed E-state index contributed by atoms with van der Waals surface area (Å²) in [4.78, 5) is 11.6. The standard InChI is InChI=1S/C14H18F3N5/c1-10-7-12(14(15,16)17)21-13(20-10)3-4-19-11(2)8-22-6-5-18-9-22/h5-7,9,11,19H,3-4,8H2,1-2H3. The Morgan fingerprint density at radius 1 is 1.32 bits per heavy atom. The van der Waals surface area contributed by atoms with Crippen LogP contribution in [-0.4, -0.2) is 32.1 Å². The van der Waals surface area contributed by atoms with Gasteiger partial charge in [-0.2, -0.15) is 13.2 Å². The summed E-state index contributed by atoms with van der Waals surface area (Å²) in [5.74, 6) is 0.203. The summed E-state index contributed by atoms with van der Waals surface area (Å²) in [7, 11) is 0. The lowest BCUT2D eigenvalue weighted by Crippen LogP contribution is -2.32. The van der Waals surface area contributed by atoms with Gasteiger partial charge in [0, 0.05) is 43.6 Å². The molecule has 0 aliphatic carbocycles. The van der Waals surface area contributed by atoms with E-state index in [1.165, 1.54) is 6.92 Å². The molecule has 22 heavy (non-hydrogen) atoms. The molecule has 120 valence electrons. The molecule has 0 aliphatic heterocycles. The first kappa shape index (κ1) is 16.4. The van der Waals surface area contributed by atoms with Crippen molar-refractivity contribution in [3.05, 3.63) is 42.0 Å². The maximum atomic E-state index is 12.7. The Hall–Kier alpha value is -1.96. The zero-order valence-corrected chi connectivity index (χ0v) is 12.4. The first-order chi connectivity index (χ1) is 10.3. The summed E-state index contributed by atoms with van der Waals surface area (Å²) >= 11 is 0. The third-order valence-corrected chi connectivity index (χ3v) is 3.08. The highest BCUT2D eigenvalue weighted by molar-refractivity contribution is 5.13. The largest absolute Gasteiger partial charge is 0.433 e. The zero-order valence-electron chi connectivity index (χ0n) is 12.4. The van der Waals surface area contributed by atoms with Gasteiger partial charge in [0.05, 0.1) is 6.33 Å². The Morgan fingerprint density at radius 2 is 2.09 bits per heavy atom. The molecule has 2 heterocycles. The summed E-state index contributed by atoms with van der Waals surface area (Å²) in [6.07, 6.45) is 1.19. The molecule has 0 radical (unpaired) electrons. The summed E-state index contributed by atoms with van der Waals surface area (Å²) in [5, 5.41) is 3.24. The lowest BCUT2D eigenvalue weighted by atomic mass is 10.2. The fourth-order valence-electron chi connectivity index (χ4n) is 2.09. The Kier molecular flexibility index (Phi) is 5.12. The number of rotatable bonds is 6. The van der Waals surface area contributed by atoms with Crippen molar-refractivity contribution in [2.45, 2.75) is 39.0 Å². The van der Waals surface area contributed by atoms with Crippen molar-refractivity contribution in [3.8, 4) is 0 Å². The molecule has 2 rings (SSSR count). The molecule has 2 aromatic heterocycles. The van der Waals surface area contributed by atoms with E-state index in [0.717, 1.165) is 12.6 Å². The number of hydrogen-bond acceptors (Lipinski definition) is 4. The quantitative estimate of drug-likeness (QED) is 0.888. The second-order valence-electron chi connectivity index (χ2n) is 5.17. The van der Waals surface area contributed by atoms with Crippen molar-refractivity contribution in [1.82, 2.24) is 24.8 Å². The fourth-order valence-corrected chi connectivity index (χ4v) is 2.09. The van der Waals surface area contributed by atoms with Gasteiger partial charge in [-0.1, -0.05) is 0 Å². The van der Waals surface area contributed by atoms with Gasteiger partial charge >= 0.3 is 6.18 Å². The van der Waals surface area contributed by atoms with Crippen LogP contribution >= 0.6 is 0 Å². The molecule has 0 saturated carbocycles. The van der Waals surface area contributed by atoms with Crippen LogP contribution in [-0.2, 0) is 19.1 Å². The number of alkyl halides is 3. The number of aromatic nitrogens is 4. The van der Waals surface area contributed by atoms with E-state index in [1.54, 1.807) is 12.5 Å². The molecule has 0 aliphatic rings. The van der Waals surface area contributed by atoms with E-state index in [2.05, 4.69) is 20.3 Å². The fraction of sp³-hybridized carbons (Fsp3) is 0.500. The number of halogens is 3. The molecule has 0 spiro atoms. The minimum absolute atomic E-state index is 0.168.